The van der Waals surface area contributed by atoms with E-state index in [0.29, 0.717) is 6.42 Å². The lowest BCUT2D eigenvalue weighted by Gasteiger charge is -2.35. The van der Waals surface area contributed by atoms with Crippen LogP contribution in [0.4, 0.5) is 0 Å². The van der Waals surface area contributed by atoms with Crippen molar-refractivity contribution < 1.29 is 29.3 Å². The zero-order valence-corrected chi connectivity index (χ0v) is 22.5. The molecule has 0 spiro atoms. The Morgan fingerprint density at radius 3 is 2.51 bits per heavy atom. The van der Waals surface area contributed by atoms with E-state index in [4.69, 9.17) is 15.2 Å². The average Bonchev–Trinajstić information content (AvgIpc) is 3.23. The molecule has 8 nitrogen and oxygen atoms in total. The van der Waals surface area contributed by atoms with Crippen LogP contribution in [0.25, 0.3) is 6.08 Å². The molecule has 1 aromatic rings. The first-order valence-corrected chi connectivity index (χ1v) is 13.2. The minimum Gasteiger partial charge on any atom is -0.465 e. The third-order valence-corrected chi connectivity index (χ3v) is 8.06. The van der Waals surface area contributed by atoms with Crippen LogP contribution in [0.2, 0.25) is 0 Å². The van der Waals surface area contributed by atoms with E-state index < -0.39 is 29.5 Å². The number of carbonyl (C=O) groups excluding carboxylic acids is 2. The standard InChI is InChI=1S/C20H35NO6.C6H7NS/c1-12-6-5-8-20(4)15(27-20)7-9-26-16(23)10-14(22)19(2,3)18(25)13(11-21)17(12)24;1-3-6-4-8-5(2)7-6/h12-15,17,22,24H,5-11,21H2,1-4H3;3-4H,1H2,2H3. The zero-order valence-electron chi connectivity index (χ0n) is 21.7. The number of cyclic esters (lactones) is 1. The van der Waals surface area contributed by atoms with E-state index in [0.717, 1.165) is 30.0 Å². The van der Waals surface area contributed by atoms with Gasteiger partial charge in [0.25, 0.3) is 0 Å². The fourth-order valence-electron chi connectivity index (χ4n) is 4.49. The molecule has 35 heavy (non-hydrogen) atoms. The summed E-state index contributed by atoms with van der Waals surface area (Å²) < 4.78 is 11.0. The third kappa shape index (κ3) is 7.92. The Balaban J connectivity index is 0.000000456. The van der Waals surface area contributed by atoms with Crippen molar-refractivity contribution in [2.75, 3.05) is 13.2 Å². The summed E-state index contributed by atoms with van der Waals surface area (Å²) in [4.78, 5) is 29.2. The van der Waals surface area contributed by atoms with E-state index in [2.05, 4.69) is 11.6 Å². The number of aliphatic hydroxyl groups excluding tert-OH is 2. The second kappa shape index (κ2) is 12.5. The summed E-state index contributed by atoms with van der Waals surface area (Å²) in [6.07, 6.45) is 2.55. The van der Waals surface area contributed by atoms with E-state index in [1.807, 2.05) is 26.2 Å². The molecular weight excluding hydrogens is 468 g/mol. The van der Waals surface area contributed by atoms with Gasteiger partial charge in [0.1, 0.15) is 5.78 Å². The zero-order chi connectivity index (χ0) is 26.4. The Labute approximate surface area is 212 Å². The lowest BCUT2D eigenvalue weighted by Crippen LogP contribution is -2.49. The largest absolute Gasteiger partial charge is 0.465 e. The molecule has 9 heteroatoms. The Bertz CT molecular complexity index is 872. The van der Waals surface area contributed by atoms with Gasteiger partial charge in [-0.2, -0.15) is 0 Å². The molecule has 2 fully saturated rings. The summed E-state index contributed by atoms with van der Waals surface area (Å²) in [6, 6.07) is 0. The fraction of sp³-hybridized carbons (Fsp3) is 0.731. The Morgan fingerprint density at radius 1 is 1.29 bits per heavy atom. The topological polar surface area (TPSA) is 135 Å². The predicted molar refractivity (Wildman–Crippen MR) is 137 cm³/mol. The molecule has 3 heterocycles. The molecule has 2 aliphatic heterocycles. The summed E-state index contributed by atoms with van der Waals surface area (Å²) in [5, 5.41) is 24.3. The normalized spacial score (nSPS) is 34.1. The number of nitrogens with two attached hydrogens (primary N) is 1. The number of rotatable bonds is 2. The highest BCUT2D eigenvalue weighted by Crippen LogP contribution is 2.43. The van der Waals surface area contributed by atoms with Gasteiger partial charge in [-0.3, -0.25) is 9.59 Å². The maximum absolute atomic E-state index is 13.0. The molecular formula is C26H42N2O6S. The molecule has 1 aromatic heterocycles. The molecule has 0 aliphatic carbocycles. The molecule has 198 valence electrons. The first-order chi connectivity index (χ1) is 16.4. The highest BCUT2D eigenvalue weighted by molar-refractivity contribution is 7.09. The van der Waals surface area contributed by atoms with Gasteiger partial charge in [0.15, 0.2) is 0 Å². The van der Waals surface area contributed by atoms with E-state index in [9.17, 15) is 19.8 Å². The van der Waals surface area contributed by atoms with Gasteiger partial charge in [-0.25, -0.2) is 4.98 Å². The molecule has 4 N–H and O–H groups in total. The van der Waals surface area contributed by atoms with Crippen LogP contribution in [0.5, 0.6) is 0 Å². The summed E-state index contributed by atoms with van der Waals surface area (Å²) in [7, 11) is 0. The average molecular weight is 511 g/mol. The van der Waals surface area contributed by atoms with E-state index in [1.54, 1.807) is 31.3 Å². The Morgan fingerprint density at radius 2 is 1.97 bits per heavy atom. The summed E-state index contributed by atoms with van der Waals surface area (Å²) in [5.74, 6) is -1.76. The molecule has 0 amide bonds. The van der Waals surface area contributed by atoms with Crippen LogP contribution in [0, 0.1) is 24.2 Å². The third-order valence-electron chi connectivity index (χ3n) is 7.27. The second-order valence-electron chi connectivity index (χ2n) is 10.4. The minimum absolute atomic E-state index is 0.00611. The van der Waals surface area contributed by atoms with Crippen LogP contribution in [-0.4, -0.2) is 64.0 Å². The highest BCUT2D eigenvalue weighted by Gasteiger charge is 2.51. The number of aryl methyl sites for hydroxylation is 1. The lowest BCUT2D eigenvalue weighted by molar-refractivity contribution is -0.151. The summed E-state index contributed by atoms with van der Waals surface area (Å²) in [5.41, 5.74) is 5.36. The molecule has 6 unspecified atom stereocenters. The van der Waals surface area contributed by atoms with Gasteiger partial charge in [-0.15, -0.1) is 11.3 Å². The fourth-order valence-corrected chi connectivity index (χ4v) is 5.09. The van der Waals surface area contributed by atoms with Crippen LogP contribution < -0.4 is 5.73 Å². The number of thiazole rings is 1. The molecule has 6 atom stereocenters. The molecule has 0 saturated carbocycles. The number of aliphatic hydroxyl groups is 2. The number of fused-ring (bicyclic) bond motifs is 1. The van der Waals surface area contributed by atoms with Crippen molar-refractivity contribution in [2.24, 2.45) is 23.0 Å². The number of epoxide rings is 1. The predicted octanol–water partition coefficient (Wildman–Crippen LogP) is 3.27. The van der Waals surface area contributed by atoms with Crippen molar-refractivity contribution in [3.05, 3.63) is 22.7 Å². The van der Waals surface area contributed by atoms with E-state index in [-0.39, 0.29) is 43.0 Å². The molecule has 2 saturated heterocycles. The second-order valence-corrected chi connectivity index (χ2v) is 11.5. The Kier molecular flexibility index (Phi) is 10.6. The number of hydrogen-bond donors (Lipinski definition) is 3. The van der Waals surface area contributed by atoms with E-state index in [1.165, 1.54) is 0 Å². The maximum atomic E-state index is 13.0. The van der Waals surface area contributed by atoms with Crippen LogP contribution in [0.1, 0.15) is 70.5 Å². The van der Waals surface area contributed by atoms with Crippen molar-refractivity contribution in [3.8, 4) is 0 Å². The quantitative estimate of drug-likeness (QED) is 0.407. The minimum atomic E-state index is -1.21. The highest BCUT2D eigenvalue weighted by atomic mass is 32.1. The number of carbonyl (C=O) groups is 2. The summed E-state index contributed by atoms with van der Waals surface area (Å²) in [6.45, 7) is 12.9. The number of hydrogen-bond acceptors (Lipinski definition) is 9. The van der Waals surface area contributed by atoms with E-state index >= 15 is 0 Å². The van der Waals surface area contributed by atoms with Crippen molar-refractivity contribution >= 4 is 29.2 Å². The Hall–Kier alpha value is -1.65. The number of ether oxygens (including phenoxy) is 2. The van der Waals surface area contributed by atoms with Gasteiger partial charge in [0.2, 0.25) is 0 Å². The van der Waals surface area contributed by atoms with Crippen LogP contribution in [0.3, 0.4) is 0 Å². The molecule has 0 bridgehead atoms. The van der Waals surface area contributed by atoms with Gasteiger partial charge in [0.05, 0.1) is 59.0 Å². The van der Waals surface area contributed by atoms with Gasteiger partial charge in [-0.1, -0.05) is 33.8 Å². The smallest absolute Gasteiger partial charge is 0.308 e. The van der Waals surface area contributed by atoms with Crippen LogP contribution in [-0.2, 0) is 19.1 Å². The summed E-state index contributed by atoms with van der Waals surface area (Å²) >= 11 is 1.65. The van der Waals surface area contributed by atoms with Gasteiger partial charge < -0.3 is 25.4 Å². The van der Waals surface area contributed by atoms with Crippen molar-refractivity contribution in [2.45, 2.75) is 90.6 Å². The van der Waals surface area contributed by atoms with Crippen molar-refractivity contribution in [1.29, 1.82) is 0 Å². The molecule has 2 aliphatic rings. The maximum Gasteiger partial charge on any atom is 0.308 e. The van der Waals surface area contributed by atoms with Gasteiger partial charge in [-0.05, 0) is 38.7 Å². The lowest BCUT2D eigenvalue weighted by atomic mass is 9.72. The van der Waals surface area contributed by atoms with Crippen molar-refractivity contribution in [1.82, 2.24) is 4.98 Å². The van der Waals surface area contributed by atoms with Crippen molar-refractivity contribution in [3.63, 3.8) is 0 Å². The SMILES string of the molecule is C=Cc1csc(C)n1.CC1CCCC2(C)OC2CCOC(=O)CC(O)C(C)(C)C(=O)C(CN)C1O. The van der Waals surface area contributed by atoms with Gasteiger partial charge in [0, 0.05) is 18.3 Å². The van der Waals surface area contributed by atoms with Gasteiger partial charge >= 0.3 is 5.97 Å². The molecule has 0 radical (unpaired) electrons. The first kappa shape index (κ1) is 29.6. The van der Waals surface area contributed by atoms with Crippen LogP contribution in [0.15, 0.2) is 12.0 Å². The number of esters is 1. The van der Waals surface area contributed by atoms with Crippen LogP contribution >= 0.6 is 11.3 Å². The number of ketones is 1. The molecule has 3 rings (SSSR count). The monoisotopic (exact) mass is 510 g/mol. The number of Topliss-reactive ketones (excluding diaryl/α,β-unsaturated/α-hetero) is 1. The molecule has 0 aromatic carbocycles. The number of nitrogens with zero attached hydrogens (tertiary/aromatic N) is 1. The number of aromatic nitrogens is 1. The first-order valence-electron chi connectivity index (χ1n) is 12.3.